The predicted molar refractivity (Wildman–Crippen MR) is 113 cm³/mol. The summed E-state index contributed by atoms with van der Waals surface area (Å²) in [6, 6.07) is 1.21. The number of nitrogens with two attached hydrogens (primary N) is 1. The molecule has 1 atom stereocenters. The highest BCUT2D eigenvalue weighted by Crippen LogP contribution is 2.08. The van der Waals surface area contributed by atoms with E-state index in [4.69, 9.17) is 5.73 Å². The number of nitrogens with one attached hydrogen (secondary N) is 1. The number of hydrogen-bond donors (Lipinski definition) is 2. The van der Waals surface area contributed by atoms with E-state index in [0.29, 0.717) is 19.0 Å². The fraction of sp³-hybridized carbons (Fsp3) is 0.750. The van der Waals surface area contributed by atoms with E-state index in [9.17, 15) is 14.4 Å². The Balaban J connectivity index is 2.82. The molecule has 8 nitrogen and oxygen atoms in total. The maximum Gasteiger partial charge on any atom is 0.333 e. The molecule has 0 fully saturated rings. The number of aromatic nitrogens is 2. The molecule has 0 aromatic carbocycles. The number of nitrogens with zero attached hydrogens (tertiary/aromatic N) is 3. The summed E-state index contributed by atoms with van der Waals surface area (Å²) in [6.45, 7) is 12.8. The van der Waals surface area contributed by atoms with Gasteiger partial charge in [-0.1, -0.05) is 40.5 Å². The van der Waals surface area contributed by atoms with E-state index in [-0.39, 0.29) is 24.3 Å². The van der Waals surface area contributed by atoms with Gasteiger partial charge in [-0.15, -0.1) is 0 Å². The van der Waals surface area contributed by atoms with Crippen LogP contribution in [-0.2, 0) is 17.9 Å². The van der Waals surface area contributed by atoms with Gasteiger partial charge < -0.3 is 16.0 Å². The quantitative estimate of drug-likeness (QED) is 0.555. The molecule has 1 aromatic heterocycles. The number of carbonyl (C=O) groups is 1. The van der Waals surface area contributed by atoms with E-state index >= 15 is 0 Å². The van der Waals surface area contributed by atoms with Gasteiger partial charge in [0.15, 0.2) is 0 Å². The molecule has 0 saturated carbocycles. The van der Waals surface area contributed by atoms with Crippen molar-refractivity contribution in [1.29, 1.82) is 0 Å². The zero-order valence-electron chi connectivity index (χ0n) is 18.0. The molecule has 0 spiro atoms. The molecule has 0 aliphatic rings. The van der Waals surface area contributed by atoms with Crippen LogP contribution < -0.4 is 22.3 Å². The van der Waals surface area contributed by atoms with Crippen molar-refractivity contribution in [2.75, 3.05) is 25.4 Å². The number of anilines is 1. The Labute approximate surface area is 167 Å². The molecule has 160 valence electrons. The first-order chi connectivity index (χ1) is 13.2. The first-order valence-electron chi connectivity index (χ1n) is 10.3. The van der Waals surface area contributed by atoms with Crippen LogP contribution in [0.2, 0.25) is 0 Å². The van der Waals surface area contributed by atoms with Crippen LogP contribution in [0.3, 0.4) is 0 Å². The summed E-state index contributed by atoms with van der Waals surface area (Å²) >= 11 is 0. The fourth-order valence-electron chi connectivity index (χ4n) is 3.15. The lowest BCUT2D eigenvalue weighted by Crippen LogP contribution is -2.46. The molecule has 0 aliphatic heterocycles. The van der Waals surface area contributed by atoms with Gasteiger partial charge in [0.25, 0.3) is 5.56 Å². The van der Waals surface area contributed by atoms with E-state index in [1.807, 2.05) is 20.8 Å². The lowest BCUT2D eigenvalue weighted by atomic mass is 10.0. The molecule has 1 aromatic rings. The maximum atomic E-state index is 12.7. The normalized spacial score (nSPS) is 12.5. The SMILES string of the molecule is CCN(CC)CCn1c(N)cc(=O)n(CC(=O)N[C@H](C)CCCC(C)C)c1=O. The van der Waals surface area contributed by atoms with E-state index in [0.717, 1.165) is 36.9 Å². The second-order valence-corrected chi connectivity index (χ2v) is 7.75. The van der Waals surface area contributed by atoms with E-state index in [1.54, 1.807) is 0 Å². The lowest BCUT2D eigenvalue weighted by Gasteiger charge is -2.20. The average molecular weight is 396 g/mol. The lowest BCUT2D eigenvalue weighted by molar-refractivity contribution is -0.122. The molecule has 1 rings (SSSR count). The second-order valence-electron chi connectivity index (χ2n) is 7.75. The van der Waals surface area contributed by atoms with E-state index < -0.39 is 11.2 Å². The maximum absolute atomic E-state index is 12.7. The molecule has 1 heterocycles. The Morgan fingerprint density at radius 3 is 2.36 bits per heavy atom. The molecule has 8 heteroatoms. The second kappa shape index (κ2) is 11.7. The molecule has 0 aliphatic carbocycles. The highest BCUT2D eigenvalue weighted by Gasteiger charge is 2.15. The Hall–Kier alpha value is -2.09. The number of hydrogen-bond acceptors (Lipinski definition) is 5. The third kappa shape index (κ3) is 7.50. The zero-order chi connectivity index (χ0) is 21.3. The van der Waals surface area contributed by atoms with E-state index in [2.05, 4.69) is 24.1 Å². The predicted octanol–water partition coefficient (Wildman–Crippen LogP) is 1.27. The van der Waals surface area contributed by atoms with Crippen molar-refractivity contribution in [3.8, 4) is 0 Å². The van der Waals surface area contributed by atoms with Gasteiger partial charge in [-0.05, 0) is 32.4 Å². The molecule has 3 N–H and O–H groups in total. The number of carbonyl (C=O) groups excluding carboxylic acids is 1. The van der Waals surface area contributed by atoms with Crippen LogP contribution in [0.25, 0.3) is 0 Å². The Bertz CT molecular complexity index is 734. The van der Waals surface area contributed by atoms with Crippen LogP contribution in [0, 0.1) is 5.92 Å². The monoisotopic (exact) mass is 395 g/mol. The van der Waals surface area contributed by atoms with Gasteiger partial charge in [0.1, 0.15) is 12.4 Å². The Morgan fingerprint density at radius 2 is 1.79 bits per heavy atom. The van der Waals surface area contributed by atoms with Gasteiger partial charge >= 0.3 is 5.69 Å². The van der Waals surface area contributed by atoms with Gasteiger partial charge in [0.2, 0.25) is 5.91 Å². The van der Waals surface area contributed by atoms with Crippen LogP contribution in [0.4, 0.5) is 5.82 Å². The van der Waals surface area contributed by atoms with Crippen molar-refractivity contribution in [3.05, 3.63) is 26.9 Å². The molecule has 0 bridgehead atoms. The van der Waals surface area contributed by atoms with Crippen LogP contribution >= 0.6 is 0 Å². The number of likely N-dealkylation sites (N-methyl/N-ethyl adjacent to an activating group) is 1. The summed E-state index contributed by atoms with van der Waals surface area (Å²) in [7, 11) is 0. The fourth-order valence-corrected chi connectivity index (χ4v) is 3.15. The minimum Gasteiger partial charge on any atom is -0.385 e. The minimum atomic E-state index is -0.552. The Morgan fingerprint density at radius 1 is 1.14 bits per heavy atom. The van der Waals surface area contributed by atoms with Crippen LogP contribution in [-0.4, -0.2) is 45.6 Å². The van der Waals surface area contributed by atoms with Crippen molar-refractivity contribution >= 4 is 11.7 Å². The van der Waals surface area contributed by atoms with Crippen molar-refractivity contribution in [2.45, 2.75) is 73.0 Å². The third-order valence-corrected chi connectivity index (χ3v) is 4.97. The number of amides is 1. The van der Waals surface area contributed by atoms with Crippen molar-refractivity contribution in [1.82, 2.24) is 19.4 Å². The number of rotatable bonds is 12. The van der Waals surface area contributed by atoms with Crippen molar-refractivity contribution in [2.24, 2.45) is 5.92 Å². The van der Waals surface area contributed by atoms with Gasteiger partial charge in [-0.2, -0.15) is 0 Å². The topological polar surface area (TPSA) is 102 Å². The highest BCUT2D eigenvalue weighted by molar-refractivity contribution is 5.76. The zero-order valence-corrected chi connectivity index (χ0v) is 18.0. The summed E-state index contributed by atoms with van der Waals surface area (Å²) in [4.78, 5) is 39.4. The largest absolute Gasteiger partial charge is 0.385 e. The molecular formula is C20H37N5O3. The third-order valence-electron chi connectivity index (χ3n) is 4.97. The summed E-state index contributed by atoms with van der Waals surface area (Å²) in [5, 5.41) is 2.87. The molecule has 0 radical (unpaired) electrons. The van der Waals surface area contributed by atoms with Gasteiger partial charge in [0, 0.05) is 25.2 Å². The summed E-state index contributed by atoms with van der Waals surface area (Å²) in [5.74, 6) is 0.420. The van der Waals surface area contributed by atoms with Crippen LogP contribution in [0.5, 0.6) is 0 Å². The highest BCUT2D eigenvalue weighted by atomic mass is 16.2. The summed E-state index contributed by atoms with van der Waals surface area (Å²) in [5.41, 5.74) is 4.79. The molecule has 0 unspecified atom stereocenters. The number of nitrogen functional groups attached to an aromatic ring is 1. The molecule has 28 heavy (non-hydrogen) atoms. The van der Waals surface area contributed by atoms with Crippen molar-refractivity contribution in [3.63, 3.8) is 0 Å². The summed E-state index contributed by atoms with van der Waals surface area (Å²) in [6.07, 6.45) is 3.00. The standard InChI is InChI=1S/C20H37N5O3/c1-6-23(7-2)11-12-24-17(21)13-19(27)25(20(24)28)14-18(26)22-16(5)10-8-9-15(3)4/h13,15-16H,6-12,14,21H2,1-5H3,(H,22,26)/t16-/m1/s1. The Kier molecular flexibility index (Phi) is 9.99. The summed E-state index contributed by atoms with van der Waals surface area (Å²) < 4.78 is 2.31. The van der Waals surface area contributed by atoms with Gasteiger partial charge in [0.05, 0.1) is 0 Å². The molecule has 0 saturated heterocycles. The first kappa shape index (κ1) is 23.9. The van der Waals surface area contributed by atoms with E-state index in [1.165, 1.54) is 10.6 Å². The molecule has 1 amide bonds. The van der Waals surface area contributed by atoms with Gasteiger partial charge in [-0.25, -0.2) is 4.79 Å². The van der Waals surface area contributed by atoms with Gasteiger partial charge in [-0.3, -0.25) is 18.7 Å². The average Bonchev–Trinajstić information content (AvgIpc) is 2.61. The smallest absolute Gasteiger partial charge is 0.333 e. The molecular weight excluding hydrogens is 358 g/mol. The minimum absolute atomic E-state index is 0.000579. The van der Waals surface area contributed by atoms with Crippen LogP contribution in [0.1, 0.15) is 53.9 Å². The van der Waals surface area contributed by atoms with Crippen molar-refractivity contribution < 1.29 is 4.79 Å². The first-order valence-corrected chi connectivity index (χ1v) is 10.3. The van der Waals surface area contributed by atoms with Crippen LogP contribution in [0.15, 0.2) is 15.7 Å².